The minimum absolute atomic E-state index is 0.117. The minimum Gasteiger partial charge on any atom is -0.343 e. The van der Waals surface area contributed by atoms with Crippen molar-refractivity contribution in [2.45, 2.75) is 25.3 Å². The molecular weight excluding hydrogens is 464 g/mol. The standard InChI is InChI=1S/C22H24N4O5S2/c1-16-13-21(17(2)25(16)15-19-6-4-12-32-19)22(27)23-8-10-24(11-9-23)33(30,31)20-7-3-5-18(14-20)26(28)29/h3-7,12-14H,8-11,15H2,1-2H3. The molecule has 3 aromatic rings. The lowest BCUT2D eigenvalue weighted by atomic mass is 10.2. The van der Waals surface area contributed by atoms with E-state index >= 15 is 0 Å². The molecule has 4 rings (SSSR count). The van der Waals surface area contributed by atoms with Gasteiger partial charge < -0.3 is 9.47 Å². The van der Waals surface area contributed by atoms with Crippen LogP contribution in [0.2, 0.25) is 0 Å². The molecule has 9 nitrogen and oxygen atoms in total. The van der Waals surface area contributed by atoms with Crippen LogP contribution in [-0.2, 0) is 16.6 Å². The average molecular weight is 489 g/mol. The molecule has 1 aromatic carbocycles. The van der Waals surface area contributed by atoms with Crippen molar-refractivity contribution in [1.82, 2.24) is 13.8 Å². The SMILES string of the molecule is Cc1cc(C(=O)N2CCN(S(=O)(=O)c3cccc([N+](=O)[O-])c3)CC2)c(C)n1Cc1cccs1. The van der Waals surface area contributed by atoms with Gasteiger partial charge in [-0.3, -0.25) is 14.9 Å². The highest BCUT2D eigenvalue weighted by Crippen LogP contribution is 2.24. The Morgan fingerprint density at radius 3 is 2.45 bits per heavy atom. The summed E-state index contributed by atoms with van der Waals surface area (Å²) >= 11 is 1.67. The maximum atomic E-state index is 13.2. The maximum absolute atomic E-state index is 13.2. The lowest BCUT2D eigenvalue weighted by Crippen LogP contribution is -2.50. The second kappa shape index (κ2) is 9.08. The van der Waals surface area contributed by atoms with Crippen molar-refractivity contribution in [2.24, 2.45) is 0 Å². The third-order valence-electron chi connectivity index (χ3n) is 5.89. The molecule has 0 bridgehead atoms. The Bertz CT molecular complexity index is 1290. The van der Waals surface area contributed by atoms with Crippen molar-refractivity contribution in [1.29, 1.82) is 0 Å². The molecule has 0 atom stereocenters. The second-order valence-electron chi connectivity index (χ2n) is 7.90. The molecule has 174 valence electrons. The number of amides is 1. The van der Waals surface area contributed by atoms with E-state index in [2.05, 4.69) is 10.6 Å². The Morgan fingerprint density at radius 1 is 1.09 bits per heavy atom. The number of carbonyl (C=O) groups is 1. The molecule has 0 radical (unpaired) electrons. The molecule has 1 aliphatic heterocycles. The van der Waals surface area contributed by atoms with Crippen LogP contribution in [-0.4, -0.2) is 59.2 Å². The normalized spacial score (nSPS) is 15.0. The van der Waals surface area contributed by atoms with Crippen LogP contribution < -0.4 is 0 Å². The van der Waals surface area contributed by atoms with Gasteiger partial charge in [-0.15, -0.1) is 11.3 Å². The van der Waals surface area contributed by atoms with E-state index in [-0.39, 0.29) is 42.7 Å². The van der Waals surface area contributed by atoms with E-state index in [1.54, 1.807) is 16.2 Å². The van der Waals surface area contributed by atoms with Crippen LogP contribution in [0.5, 0.6) is 0 Å². The van der Waals surface area contributed by atoms with Crippen molar-refractivity contribution >= 4 is 33.0 Å². The third kappa shape index (κ3) is 4.56. The van der Waals surface area contributed by atoms with Gasteiger partial charge in [-0.1, -0.05) is 12.1 Å². The number of rotatable bonds is 6. The summed E-state index contributed by atoms with van der Waals surface area (Å²) in [4.78, 5) is 26.3. The number of aryl methyl sites for hydroxylation is 1. The minimum atomic E-state index is -3.88. The molecule has 1 fully saturated rings. The first-order valence-electron chi connectivity index (χ1n) is 10.4. The number of non-ortho nitro benzene ring substituents is 1. The molecule has 0 unspecified atom stereocenters. The van der Waals surface area contributed by atoms with Crippen LogP contribution in [0.15, 0.2) is 52.7 Å². The number of hydrogen-bond acceptors (Lipinski definition) is 6. The van der Waals surface area contributed by atoms with Gasteiger partial charge in [-0.05, 0) is 37.4 Å². The number of aromatic nitrogens is 1. The molecule has 0 aliphatic carbocycles. The molecule has 0 N–H and O–H groups in total. The summed E-state index contributed by atoms with van der Waals surface area (Å²) in [5.74, 6) is -0.118. The predicted molar refractivity (Wildman–Crippen MR) is 125 cm³/mol. The smallest absolute Gasteiger partial charge is 0.270 e. The van der Waals surface area contributed by atoms with Crippen LogP contribution in [0.4, 0.5) is 5.69 Å². The van der Waals surface area contributed by atoms with E-state index in [0.29, 0.717) is 12.1 Å². The molecule has 0 saturated carbocycles. The Kier molecular flexibility index (Phi) is 6.37. The van der Waals surface area contributed by atoms with Crippen LogP contribution in [0.25, 0.3) is 0 Å². The van der Waals surface area contributed by atoms with Crippen molar-refractivity contribution in [2.75, 3.05) is 26.2 Å². The summed E-state index contributed by atoms with van der Waals surface area (Å²) < 4.78 is 29.3. The van der Waals surface area contributed by atoms with E-state index in [0.717, 1.165) is 17.5 Å². The second-order valence-corrected chi connectivity index (χ2v) is 10.9. The summed E-state index contributed by atoms with van der Waals surface area (Å²) in [5.41, 5.74) is 2.23. The molecule has 2 aromatic heterocycles. The summed E-state index contributed by atoms with van der Waals surface area (Å²) in [6, 6.07) is 11.0. The first-order valence-corrected chi connectivity index (χ1v) is 12.7. The fourth-order valence-electron chi connectivity index (χ4n) is 4.03. The Hall–Kier alpha value is -3.02. The van der Waals surface area contributed by atoms with Crippen molar-refractivity contribution in [3.8, 4) is 0 Å². The number of thiophene rings is 1. The first kappa shape index (κ1) is 23.1. The van der Waals surface area contributed by atoms with Gasteiger partial charge in [-0.25, -0.2) is 8.42 Å². The summed E-state index contributed by atoms with van der Waals surface area (Å²) in [5, 5.41) is 13.0. The molecule has 1 aliphatic rings. The van der Waals surface area contributed by atoms with Crippen molar-refractivity contribution in [3.05, 3.63) is 79.8 Å². The highest BCUT2D eigenvalue weighted by atomic mass is 32.2. The Labute approximate surface area is 196 Å². The van der Waals surface area contributed by atoms with Gasteiger partial charge in [0.25, 0.3) is 11.6 Å². The maximum Gasteiger partial charge on any atom is 0.270 e. The number of carbonyl (C=O) groups excluding carboxylic acids is 1. The zero-order chi connectivity index (χ0) is 23.8. The highest BCUT2D eigenvalue weighted by molar-refractivity contribution is 7.89. The summed E-state index contributed by atoms with van der Waals surface area (Å²) in [6.07, 6.45) is 0. The lowest BCUT2D eigenvalue weighted by molar-refractivity contribution is -0.385. The molecule has 1 amide bonds. The number of piperazine rings is 1. The fourth-order valence-corrected chi connectivity index (χ4v) is 6.18. The van der Waals surface area contributed by atoms with E-state index in [9.17, 15) is 23.3 Å². The molecule has 11 heteroatoms. The van der Waals surface area contributed by atoms with Crippen molar-refractivity contribution in [3.63, 3.8) is 0 Å². The van der Waals surface area contributed by atoms with Gasteiger partial charge in [0.2, 0.25) is 10.0 Å². The predicted octanol–water partition coefficient (Wildman–Crippen LogP) is 3.27. The zero-order valence-electron chi connectivity index (χ0n) is 18.3. The lowest BCUT2D eigenvalue weighted by Gasteiger charge is -2.34. The fraction of sp³-hybridized carbons (Fsp3) is 0.318. The molecule has 33 heavy (non-hydrogen) atoms. The van der Waals surface area contributed by atoms with Gasteiger partial charge in [0.15, 0.2) is 0 Å². The number of sulfonamides is 1. The topological polar surface area (TPSA) is 106 Å². The number of nitro groups is 1. The number of benzene rings is 1. The van der Waals surface area contributed by atoms with Crippen LogP contribution in [0.3, 0.4) is 0 Å². The number of hydrogen-bond donors (Lipinski definition) is 0. The largest absolute Gasteiger partial charge is 0.343 e. The van der Waals surface area contributed by atoms with E-state index in [1.807, 2.05) is 31.4 Å². The average Bonchev–Trinajstić information content (AvgIpc) is 3.42. The van der Waals surface area contributed by atoms with Crippen LogP contribution >= 0.6 is 11.3 Å². The van der Waals surface area contributed by atoms with Gasteiger partial charge >= 0.3 is 0 Å². The molecule has 3 heterocycles. The summed E-state index contributed by atoms with van der Waals surface area (Å²) in [6.45, 7) is 5.37. The van der Waals surface area contributed by atoms with Crippen LogP contribution in [0, 0.1) is 24.0 Å². The molecule has 1 saturated heterocycles. The van der Waals surface area contributed by atoms with Gasteiger partial charge in [0.1, 0.15) is 0 Å². The van der Waals surface area contributed by atoms with Gasteiger partial charge in [-0.2, -0.15) is 4.31 Å². The van der Waals surface area contributed by atoms with Gasteiger partial charge in [0.05, 0.1) is 21.9 Å². The first-order chi connectivity index (χ1) is 15.7. The Balaban J connectivity index is 1.46. The number of nitrogens with zero attached hydrogens (tertiary/aromatic N) is 4. The molecule has 0 spiro atoms. The Morgan fingerprint density at radius 2 is 1.82 bits per heavy atom. The zero-order valence-corrected chi connectivity index (χ0v) is 19.9. The quantitative estimate of drug-likeness (QED) is 0.391. The van der Waals surface area contributed by atoms with Crippen LogP contribution in [0.1, 0.15) is 26.6 Å². The monoisotopic (exact) mass is 488 g/mol. The third-order valence-corrected chi connectivity index (χ3v) is 8.65. The van der Waals surface area contributed by atoms with E-state index < -0.39 is 14.9 Å². The summed E-state index contributed by atoms with van der Waals surface area (Å²) in [7, 11) is -3.88. The number of nitro benzene ring substituents is 1. The van der Waals surface area contributed by atoms with E-state index in [1.165, 1.54) is 27.4 Å². The molecular formula is C22H24N4O5S2. The van der Waals surface area contributed by atoms with Crippen molar-refractivity contribution < 1.29 is 18.1 Å². The van der Waals surface area contributed by atoms with Gasteiger partial charge in [0, 0.05) is 54.6 Å². The highest BCUT2D eigenvalue weighted by Gasteiger charge is 2.32. The van der Waals surface area contributed by atoms with E-state index in [4.69, 9.17) is 0 Å².